The van der Waals surface area contributed by atoms with Crippen LogP contribution >= 0.6 is 0 Å². The topological polar surface area (TPSA) is 93.2 Å². The molecular weight excluding hydrogens is 448 g/mol. The zero-order valence-electron chi connectivity index (χ0n) is 21.2. The molecule has 1 aromatic heterocycles. The maximum atomic E-state index is 13.4. The van der Waals surface area contributed by atoms with Gasteiger partial charge in [-0.3, -0.25) is 19.5 Å². The molecule has 2 aromatic rings. The van der Waals surface area contributed by atoms with Gasteiger partial charge in [0.2, 0.25) is 5.91 Å². The number of aromatic nitrogens is 1. The monoisotopic (exact) mass is 484 g/mol. The molecule has 3 atom stereocenters. The van der Waals surface area contributed by atoms with Crippen molar-refractivity contribution in [3.63, 3.8) is 0 Å². The highest BCUT2D eigenvalue weighted by molar-refractivity contribution is 5.99. The van der Waals surface area contributed by atoms with Crippen LogP contribution in [-0.2, 0) is 20.8 Å². The molecule has 9 nitrogen and oxygen atoms in total. The second-order valence-corrected chi connectivity index (χ2v) is 9.04. The van der Waals surface area contributed by atoms with Crippen LogP contribution in [0, 0.1) is 5.92 Å². The maximum absolute atomic E-state index is 13.4. The lowest BCUT2D eigenvalue weighted by atomic mass is 10.0. The Labute approximate surface area is 207 Å². The predicted molar refractivity (Wildman–Crippen MR) is 133 cm³/mol. The molecule has 0 radical (unpaired) electrons. The van der Waals surface area contributed by atoms with Gasteiger partial charge in [-0.05, 0) is 43.2 Å². The van der Waals surface area contributed by atoms with Crippen LogP contribution in [0.5, 0.6) is 5.75 Å². The molecule has 1 aliphatic rings. The molecule has 2 heterocycles. The van der Waals surface area contributed by atoms with Gasteiger partial charge in [-0.15, -0.1) is 0 Å². The average Bonchev–Trinajstić information content (AvgIpc) is 2.85. The third-order valence-corrected chi connectivity index (χ3v) is 6.22. The van der Waals surface area contributed by atoms with Crippen LogP contribution in [-0.4, -0.2) is 86.3 Å². The normalized spacial score (nSPS) is 21.9. The van der Waals surface area contributed by atoms with Crippen LogP contribution in [0.4, 0.5) is 5.69 Å². The number of hydrogen-bond donors (Lipinski definition) is 1. The standard InChI is InChI=1S/C26H36N4O5/c1-18-13-30(14-21-8-6-7-11-27-21)19(2)16-35-23-10-9-20(28-25(31)17-33-4)12-22(23)26(32)29(3)15-24(18)34-5/h6-12,18-19,24H,13-17H2,1-5H3,(H,28,31)/t18-,19+,24+/m0/s1. The van der Waals surface area contributed by atoms with Gasteiger partial charge >= 0.3 is 0 Å². The summed E-state index contributed by atoms with van der Waals surface area (Å²) in [5, 5.41) is 2.75. The van der Waals surface area contributed by atoms with Gasteiger partial charge in [0.1, 0.15) is 19.0 Å². The summed E-state index contributed by atoms with van der Waals surface area (Å²) >= 11 is 0. The lowest BCUT2D eigenvalue weighted by molar-refractivity contribution is -0.119. The molecule has 1 aromatic carbocycles. The van der Waals surface area contributed by atoms with E-state index in [2.05, 4.69) is 29.0 Å². The fourth-order valence-electron chi connectivity index (χ4n) is 4.18. The number of rotatable bonds is 6. The number of ether oxygens (including phenoxy) is 3. The van der Waals surface area contributed by atoms with Crippen molar-refractivity contribution in [1.82, 2.24) is 14.8 Å². The Hall–Kier alpha value is -3.01. The first-order chi connectivity index (χ1) is 16.8. The minimum atomic E-state index is -0.297. The van der Waals surface area contributed by atoms with E-state index in [1.54, 1.807) is 43.5 Å². The molecule has 3 rings (SSSR count). The summed E-state index contributed by atoms with van der Waals surface area (Å²) in [5.41, 5.74) is 1.87. The van der Waals surface area contributed by atoms with Gasteiger partial charge in [-0.2, -0.15) is 0 Å². The average molecular weight is 485 g/mol. The van der Waals surface area contributed by atoms with E-state index < -0.39 is 0 Å². The zero-order valence-corrected chi connectivity index (χ0v) is 21.2. The number of nitrogens with zero attached hydrogens (tertiary/aromatic N) is 3. The van der Waals surface area contributed by atoms with Crippen molar-refractivity contribution in [2.75, 3.05) is 52.9 Å². The Morgan fingerprint density at radius 2 is 2.00 bits per heavy atom. The molecule has 0 spiro atoms. The minimum absolute atomic E-state index is 0.0538. The van der Waals surface area contributed by atoms with Crippen molar-refractivity contribution in [1.29, 1.82) is 0 Å². The summed E-state index contributed by atoms with van der Waals surface area (Å²) in [6.07, 6.45) is 1.64. The van der Waals surface area contributed by atoms with E-state index >= 15 is 0 Å². The summed E-state index contributed by atoms with van der Waals surface area (Å²) in [6.45, 7) is 6.42. The van der Waals surface area contributed by atoms with E-state index in [4.69, 9.17) is 14.2 Å². The number of pyridine rings is 1. The van der Waals surface area contributed by atoms with Gasteiger partial charge in [0.15, 0.2) is 0 Å². The molecule has 2 amide bonds. The van der Waals surface area contributed by atoms with Crippen molar-refractivity contribution < 1.29 is 23.8 Å². The van der Waals surface area contributed by atoms with Gasteiger partial charge in [-0.1, -0.05) is 13.0 Å². The van der Waals surface area contributed by atoms with E-state index in [9.17, 15) is 9.59 Å². The summed E-state index contributed by atoms with van der Waals surface area (Å²) in [4.78, 5) is 33.9. The summed E-state index contributed by atoms with van der Waals surface area (Å²) in [7, 11) is 4.88. The van der Waals surface area contributed by atoms with E-state index in [1.807, 2.05) is 18.2 Å². The lowest BCUT2D eigenvalue weighted by Gasteiger charge is -2.35. The van der Waals surface area contributed by atoms with Crippen molar-refractivity contribution in [3.05, 3.63) is 53.9 Å². The minimum Gasteiger partial charge on any atom is -0.491 e. The van der Waals surface area contributed by atoms with E-state index in [1.165, 1.54) is 7.11 Å². The van der Waals surface area contributed by atoms with Gasteiger partial charge in [0, 0.05) is 58.8 Å². The molecule has 0 fully saturated rings. The fraction of sp³-hybridized carbons (Fsp3) is 0.500. The number of nitrogens with one attached hydrogen (secondary N) is 1. The van der Waals surface area contributed by atoms with Crippen LogP contribution in [0.25, 0.3) is 0 Å². The van der Waals surface area contributed by atoms with Crippen LogP contribution in [0.1, 0.15) is 29.9 Å². The number of amides is 2. The SMILES string of the molecule is COCC(=O)Nc1ccc2c(c1)C(=O)N(C)C[C@@H](OC)[C@@H](C)CN(Cc1ccccn1)[C@H](C)CO2. The van der Waals surface area contributed by atoms with Crippen molar-refractivity contribution >= 4 is 17.5 Å². The van der Waals surface area contributed by atoms with Crippen molar-refractivity contribution in [3.8, 4) is 5.75 Å². The number of likely N-dealkylation sites (N-methyl/N-ethyl adjacent to an activating group) is 1. The van der Waals surface area contributed by atoms with Gasteiger partial charge in [-0.25, -0.2) is 0 Å². The van der Waals surface area contributed by atoms with Crippen LogP contribution in [0.15, 0.2) is 42.6 Å². The number of methoxy groups -OCH3 is 2. The molecule has 9 heteroatoms. The molecule has 190 valence electrons. The van der Waals surface area contributed by atoms with Crippen LogP contribution in [0.2, 0.25) is 0 Å². The summed E-state index contributed by atoms with van der Waals surface area (Å²) in [5.74, 6) is 0.129. The number of fused-ring (bicyclic) bond motifs is 1. The van der Waals surface area contributed by atoms with Gasteiger partial charge in [0.25, 0.3) is 5.91 Å². The highest BCUT2D eigenvalue weighted by Gasteiger charge is 2.28. The first-order valence-corrected chi connectivity index (χ1v) is 11.8. The largest absolute Gasteiger partial charge is 0.491 e. The number of hydrogen-bond acceptors (Lipinski definition) is 7. The van der Waals surface area contributed by atoms with E-state index in [0.717, 1.165) is 12.2 Å². The Bertz CT molecular complexity index is 987. The van der Waals surface area contributed by atoms with Crippen LogP contribution < -0.4 is 10.1 Å². The molecule has 35 heavy (non-hydrogen) atoms. The Morgan fingerprint density at radius 1 is 1.20 bits per heavy atom. The Kier molecular flexibility index (Phi) is 9.59. The Balaban J connectivity index is 1.92. The maximum Gasteiger partial charge on any atom is 0.257 e. The molecule has 0 saturated carbocycles. The van der Waals surface area contributed by atoms with E-state index in [0.29, 0.717) is 36.7 Å². The van der Waals surface area contributed by atoms with Crippen molar-refractivity contribution in [2.45, 2.75) is 32.5 Å². The highest BCUT2D eigenvalue weighted by Crippen LogP contribution is 2.26. The number of anilines is 1. The third kappa shape index (κ3) is 7.24. The molecule has 0 aliphatic carbocycles. The van der Waals surface area contributed by atoms with Crippen molar-refractivity contribution in [2.24, 2.45) is 5.92 Å². The van der Waals surface area contributed by atoms with Crippen LogP contribution in [0.3, 0.4) is 0 Å². The quantitative estimate of drug-likeness (QED) is 0.674. The lowest BCUT2D eigenvalue weighted by Crippen LogP contribution is -2.46. The zero-order chi connectivity index (χ0) is 25.4. The highest BCUT2D eigenvalue weighted by atomic mass is 16.5. The fourth-order valence-corrected chi connectivity index (χ4v) is 4.18. The van der Waals surface area contributed by atoms with Gasteiger partial charge < -0.3 is 24.4 Å². The first-order valence-electron chi connectivity index (χ1n) is 11.8. The second kappa shape index (κ2) is 12.6. The van der Waals surface area contributed by atoms with E-state index in [-0.39, 0.29) is 36.5 Å². The summed E-state index contributed by atoms with van der Waals surface area (Å²) in [6, 6.07) is 11.1. The number of carbonyl (C=O) groups excluding carboxylic acids is 2. The molecule has 0 saturated heterocycles. The second-order valence-electron chi connectivity index (χ2n) is 9.04. The number of benzene rings is 1. The third-order valence-electron chi connectivity index (χ3n) is 6.22. The Morgan fingerprint density at radius 3 is 2.69 bits per heavy atom. The number of carbonyl (C=O) groups is 2. The smallest absolute Gasteiger partial charge is 0.257 e. The molecule has 0 bridgehead atoms. The molecule has 1 N–H and O–H groups in total. The molecule has 1 aliphatic heterocycles. The summed E-state index contributed by atoms with van der Waals surface area (Å²) < 4.78 is 16.9. The molecular formula is C26H36N4O5. The van der Waals surface area contributed by atoms with Gasteiger partial charge in [0.05, 0.1) is 17.4 Å². The predicted octanol–water partition coefficient (Wildman–Crippen LogP) is 2.67. The first kappa shape index (κ1) is 26.6. The molecule has 0 unspecified atom stereocenters.